The van der Waals surface area contributed by atoms with Crippen LogP contribution in [0.15, 0.2) is 18.3 Å². The molecule has 0 aliphatic heterocycles. The van der Waals surface area contributed by atoms with E-state index in [9.17, 15) is 4.79 Å². The quantitative estimate of drug-likeness (QED) is 0.755. The average molecular weight is 345 g/mol. The third kappa shape index (κ3) is 4.48. The van der Waals surface area contributed by atoms with E-state index in [0.29, 0.717) is 32.2 Å². The van der Waals surface area contributed by atoms with Crippen molar-refractivity contribution in [1.82, 2.24) is 25.2 Å². The molecular formula is C18H27N5O2. The first kappa shape index (κ1) is 17.7. The number of urea groups is 1. The molecule has 0 spiro atoms. The van der Waals surface area contributed by atoms with E-state index in [1.54, 1.807) is 7.11 Å². The van der Waals surface area contributed by atoms with Crippen LogP contribution in [0.3, 0.4) is 0 Å². The Morgan fingerprint density at radius 1 is 1.28 bits per heavy atom. The molecule has 2 amide bonds. The molecule has 136 valence electrons. The van der Waals surface area contributed by atoms with Gasteiger partial charge in [-0.3, -0.25) is 0 Å². The number of carbonyl (C=O) groups is 1. The van der Waals surface area contributed by atoms with Gasteiger partial charge in [-0.15, -0.1) is 0 Å². The van der Waals surface area contributed by atoms with Gasteiger partial charge >= 0.3 is 6.03 Å². The fourth-order valence-electron chi connectivity index (χ4n) is 3.49. The second kappa shape index (κ2) is 8.80. The van der Waals surface area contributed by atoms with Crippen molar-refractivity contribution in [2.24, 2.45) is 0 Å². The lowest BCUT2D eigenvalue weighted by molar-refractivity contribution is 0.196. The molecule has 0 radical (unpaired) electrons. The molecule has 25 heavy (non-hydrogen) atoms. The SMILES string of the molecule is COCCNC(=O)NCCc1nc2cccnc2n1C1CCCCC1. The van der Waals surface area contributed by atoms with Gasteiger partial charge in [-0.05, 0) is 25.0 Å². The number of fused-ring (bicyclic) bond motifs is 1. The summed E-state index contributed by atoms with van der Waals surface area (Å²) in [5.41, 5.74) is 1.90. The van der Waals surface area contributed by atoms with Gasteiger partial charge in [0.1, 0.15) is 11.3 Å². The summed E-state index contributed by atoms with van der Waals surface area (Å²) in [7, 11) is 1.61. The zero-order valence-corrected chi connectivity index (χ0v) is 14.8. The van der Waals surface area contributed by atoms with Gasteiger partial charge in [0, 0.05) is 38.9 Å². The van der Waals surface area contributed by atoms with Gasteiger partial charge in [0.25, 0.3) is 0 Å². The largest absolute Gasteiger partial charge is 0.383 e. The van der Waals surface area contributed by atoms with Crippen molar-refractivity contribution in [3.63, 3.8) is 0 Å². The van der Waals surface area contributed by atoms with Crippen molar-refractivity contribution in [1.29, 1.82) is 0 Å². The molecule has 7 nitrogen and oxygen atoms in total. The van der Waals surface area contributed by atoms with E-state index >= 15 is 0 Å². The van der Waals surface area contributed by atoms with Crippen molar-refractivity contribution in [3.05, 3.63) is 24.2 Å². The molecule has 0 atom stereocenters. The van der Waals surface area contributed by atoms with Crippen LogP contribution in [0.2, 0.25) is 0 Å². The van der Waals surface area contributed by atoms with E-state index in [1.165, 1.54) is 32.1 Å². The average Bonchev–Trinajstić information content (AvgIpc) is 3.01. The van der Waals surface area contributed by atoms with Crippen molar-refractivity contribution in [2.45, 2.75) is 44.6 Å². The van der Waals surface area contributed by atoms with Crippen LogP contribution < -0.4 is 10.6 Å². The van der Waals surface area contributed by atoms with Crippen LogP contribution in [0.5, 0.6) is 0 Å². The first-order chi connectivity index (χ1) is 12.3. The summed E-state index contributed by atoms with van der Waals surface area (Å²) >= 11 is 0. The number of ether oxygens (including phenoxy) is 1. The third-order valence-corrected chi connectivity index (χ3v) is 4.69. The van der Waals surface area contributed by atoms with Crippen LogP contribution in [0.25, 0.3) is 11.2 Å². The number of hydrogen-bond donors (Lipinski definition) is 2. The number of nitrogens with one attached hydrogen (secondary N) is 2. The summed E-state index contributed by atoms with van der Waals surface area (Å²) in [6, 6.07) is 4.23. The minimum Gasteiger partial charge on any atom is -0.383 e. The maximum absolute atomic E-state index is 11.7. The number of amides is 2. The Labute approximate surface area is 148 Å². The number of aromatic nitrogens is 3. The molecule has 0 saturated heterocycles. The summed E-state index contributed by atoms with van der Waals surface area (Å²) in [6.07, 6.45) is 8.72. The van der Waals surface area contributed by atoms with Crippen molar-refractivity contribution in [3.8, 4) is 0 Å². The molecule has 2 heterocycles. The predicted octanol–water partition coefficient (Wildman–Crippen LogP) is 2.42. The predicted molar refractivity (Wildman–Crippen MR) is 96.6 cm³/mol. The van der Waals surface area contributed by atoms with Crippen molar-refractivity contribution in [2.75, 3.05) is 26.8 Å². The lowest BCUT2D eigenvalue weighted by Gasteiger charge is -2.25. The summed E-state index contributed by atoms with van der Waals surface area (Å²) in [4.78, 5) is 21.1. The van der Waals surface area contributed by atoms with Gasteiger partial charge in [0.05, 0.1) is 6.61 Å². The van der Waals surface area contributed by atoms with Crippen LogP contribution in [0, 0.1) is 0 Å². The first-order valence-corrected chi connectivity index (χ1v) is 9.12. The smallest absolute Gasteiger partial charge is 0.314 e. The molecular weight excluding hydrogens is 318 g/mol. The lowest BCUT2D eigenvalue weighted by atomic mass is 9.95. The summed E-state index contributed by atoms with van der Waals surface area (Å²) < 4.78 is 7.22. The highest BCUT2D eigenvalue weighted by atomic mass is 16.5. The van der Waals surface area contributed by atoms with Crippen LogP contribution in [-0.2, 0) is 11.2 Å². The van der Waals surface area contributed by atoms with Gasteiger partial charge in [0.2, 0.25) is 0 Å². The molecule has 0 bridgehead atoms. The standard InChI is InChI=1S/C18H27N5O2/c1-25-13-12-21-18(24)20-11-9-16-22-15-8-5-10-19-17(15)23(16)14-6-3-2-4-7-14/h5,8,10,14H,2-4,6-7,9,11-13H2,1H3,(H2,20,21,24). The minimum atomic E-state index is -0.171. The highest BCUT2D eigenvalue weighted by Gasteiger charge is 2.21. The maximum Gasteiger partial charge on any atom is 0.314 e. The Hall–Kier alpha value is -2.15. The first-order valence-electron chi connectivity index (χ1n) is 9.12. The minimum absolute atomic E-state index is 0.171. The molecule has 3 rings (SSSR count). The summed E-state index contributed by atoms with van der Waals surface area (Å²) in [5, 5.41) is 5.65. The van der Waals surface area contributed by atoms with E-state index in [2.05, 4.69) is 20.2 Å². The lowest BCUT2D eigenvalue weighted by Crippen LogP contribution is -2.38. The van der Waals surface area contributed by atoms with E-state index < -0.39 is 0 Å². The van der Waals surface area contributed by atoms with E-state index in [-0.39, 0.29) is 6.03 Å². The molecule has 0 aromatic carbocycles. The number of nitrogens with zero attached hydrogens (tertiary/aromatic N) is 3. The maximum atomic E-state index is 11.7. The highest BCUT2D eigenvalue weighted by molar-refractivity contribution is 5.74. The Morgan fingerprint density at radius 3 is 2.88 bits per heavy atom. The normalized spacial score (nSPS) is 15.4. The van der Waals surface area contributed by atoms with E-state index in [1.807, 2.05) is 18.3 Å². The fraction of sp³-hybridized carbons (Fsp3) is 0.611. The monoisotopic (exact) mass is 345 g/mol. The van der Waals surface area contributed by atoms with Crippen molar-refractivity contribution >= 4 is 17.2 Å². The topological polar surface area (TPSA) is 81.1 Å². The fourth-order valence-corrected chi connectivity index (χ4v) is 3.49. The zero-order chi connectivity index (χ0) is 17.5. The molecule has 2 aromatic rings. The van der Waals surface area contributed by atoms with Gasteiger partial charge in [-0.25, -0.2) is 14.8 Å². The second-order valence-corrected chi connectivity index (χ2v) is 6.46. The Morgan fingerprint density at radius 2 is 2.08 bits per heavy atom. The highest BCUT2D eigenvalue weighted by Crippen LogP contribution is 2.31. The van der Waals surface area contributed by atoms with Crippen LogP contribution in [0.4, 0.5) is 4.79 Å². The van der Waals surface area contributed by atoms with Crippen molar-refractivity contribution < 1.29 is 9.53 Å². The van der Waals surface area contributed by atoms with Gasteiger partial charge < -0.3 is 19.9 Å². The second-order valence-electron chi connectivity index (χ2n) is 6.46. The molecule has 2 N–H and O–H groups in total. The van der Waals surface area contributed by atoms with Gasteiger partial charge in [-0.2, -0.15) is 0 Å². The molecule has 7 heteroatoms. The van der Waals surface area contributed by atoms with Crippen LogP contribution in [0.1, 0.15) is 44.0 Å². The summed E-state index contributed by atoms with van der Waals surface area (Å²) in [6.45, 7) is 1.57. The summed E-state index contributed by atoms with van der Waals surface area (Å²) in [5.74, 6) is 1.01. The Bertz CT molecular complexity index is 694. The van der Waals surface area contributed by atoms with E-state index in [4.69, 9.17) is 9.72 Å². The molecule has 1 fully saturated rings. The Balaban J connectivity index is 1.67. The number of pyridine rings is 1. The van der Waals surface area contributed by atoms with E-state index in [0.717, 1.165) is 17.0 Å². The molecule has 1 saturated carbocycles. The Kier molecular flexibility index (Phi) is 6.22. The molecule has 1 aliphatic carbocycles. The zero-order valence-electron chi connectivity index (χ0n) is 14.8. The number of rotatable bonds is 7. The molecule has 1 aliphatic rings. The number of methoxy groups -OCH3 is 1. The number of carbonyl (C=O) groups excluding carboxylic acids is 1. The van der Waals surface area contributed by atoms with Crippen LogP contribution >= 0.6 is 0 Å². The third-order valence-electron chi connectivity index (χ3n) is 4.69. The van der Waals surface area contributed by atoms with Crippen LogP contribution in [-0.4, -0.2) is 47.4 Å². The number of imidazole rings is 1. The van der Waals surface area contributed by atoms with Gasteiger partial charge in [-0.1, -0.05) is 19.3 Å². The molecule has 2 aromatic heterocycles. The molecule has 0 unspecified atom stereocenters. The number of hydrogen-bond acceptors (Lipinski definition) is 4. The van der Waals surface area contributed by atoms with Gasteiger partial charge in [0.15, 0.2) is 5.65 Å².